The number of carbonyl (C=O) groups excluding carboxylic acids is 1. The van der Waals surface area contributed by atoms with E-state index in [0.29, 0.717) is 37.0 Å². The summed E-state index contributed by atoms with van der Waals surface area (Å²) in [5.74, 6) is 0.778. The molecule has 1 fully saturated rings. The maximum atomic E-state index is 12.4. The van der Waals surface area contributed by atoms with E-state index in [0.717, 1.165) is 17.1 Å². The highest BCUT2D eigenvalue weighted by Crippen LogP contribution is 2.18. The molecule has 3 rings (SSSR count). The van der Waals surface area contributed by atoms with Crippen molar-refractivity contribution in [3.8, 4) is 5.75 Å². The van der Waals surface area contributed by atoms with Crippen molar-refractivity contribution < 1.29 is 14.3 Å². The van der Waals surface area contributed by atoms with Crippen molar-refractivity contribution in [3.05, 3.63) is 54.1 Å². The lowest BCUT2D eigenvalue weighted by molar-refractivity contribution is 0.0303. The standard InChI is InChI=1S/C19H21N3O3S/c1-24-17-4-2-3-16(13-17)21-19(26)20-15-7-5-14(6-8-15)18(23)22-9-11-25-12-10-22/h2-8,13H,9-12H2,1H3,(H2,20,21,26). The third kappa shape index (κ3) is 4.71. The van der Waals surface area contributed by atoms with Gasteiger partial charge in [0, 0.05) is 36.1 Å². The minimum absolute atomic E-state index is 0.0249. The van der Waals surface area contributed by atoms with Crippen molar-refractivity contribution >= 4 is 34.6 Å². The van der Waals surface area contributed by atoms with Crippen LogP contribution in [0.2, 0.25) is 0 Å². The number of hydrogen-bond donors (Lipinski definition) is 2. The van der Waals surface area contributed by atoms with Crippen molar-refractivity contribution in [3.63, 3.8) is 0 Å². The Morgan fingerprint density at radius 3 is 2.46 bits per heavy atom. The lowest BCUT2D eigenvalue weighted by Crippen LogP contribution is -2.40. The largest absolute Gasteiger partial charge is 0.497 e. The Labute approximate surface area is 158 Å². The quantitative estimate of drug-likeness (QED) is 0.806. The molecule has 0 aliphatic carbocycles. The van der Waals surface area contributed by atoms with E-state index in [9.17, 15) is 4.79 Å². The van der Waals surface area contributed by atoms with Crippen LogP contribution in [0.25, 0.3) is 0 Å². The Morgan fingerprint density at radius 2 is 1.77 bits per heavy atom. The second-order valence-corrected chi connectivity index (χ2v) is 6.20. The van der Waals surface area contributed by atoms with E-state index in [4.69, 9.17) is 21.7 Å². The molecule has 1 saturated heterocycles. The number of carbonyl (C=O) groups is 1. The Kier molecular flexibility index (Phi) is 6.04. The molecule has 6 nitrogen and oxygen atoms in total. The minimum atomic E-state index is 0.0249. The Bertz CT molecular complexity index is 774. The average molecular weight is 371 g/mol. The number of amides is 1. The fourth-order valence-electron chi connectivity index (χ4n) is 2.64. The van der Waals surface area contributed by atoms with Gasteiger partial charge in [-0.15, -0.1) is 0 Å². The highest BCUT2D eigenvalue weighted by atomic mass is 32.1. The molecule has 2 aromatic carbocycles. The molecule has 136 valence electrons. The lowest BCUT2D eigenvalue weighted by atomic mass is 10.1. The zero-order valence-corrected chi connectivity index (χ0v) is 15.3. The molecule has 0 radical (unpaired) electrons. The molecule has 1 aliphatic rings. The number of ether oxygens (including phenoxy) is 2. The monoisotopic (exact) mass is 371 g/mol. The van der Waals surface area contributed by atoms with Crippen molar-refractivity contribution in [2.45, 2.75) is 0 Å². The van der Waals surface area contributed by atoms with Crippen LogP contribution in [0.1, 0.15) is 10.4 Å². The number of nitrogens with zero attached hydrogens (tertiary/aromatic N) is 1. The first kappa shape index (κ1) is 18.2. The number of methoxy groups -OCH3 is 1. The van der Waals surface area contributed by atoms with E-state index in [2.05, 4.69) is 10.6 Å². The third-order valence-corrected chi connectivity index (χ3v) is 4.22. The minimum Gasteiger partial charge on any atom is -0.497 e. The first-order valence-corrected chi connectivity index (χ1v) is 8.76. The lowest BCUT2D eigenvalue weighted by Gasteiger charge is -2.26. The second kappa shape index (κ2) is 8.64. The van der Waals surface area contributed by atoms with Crippen LogP contribution in [-0.2, 0) is 4.74 Å². The third-order valence-electron chi connectivity index (χ3n) is 4.02. The number of rotatable bonds is 4. The van der Waals surface area contributed by atoms with Crippen molar-refractivity contribution in [1.29, 1.82) is 0 Å². The Balaban J connectivity index is 1.58. The van der Waals surface area contributed by atoms with E-state index in [-0.39, 0.29) is 5.91 Å². The SMILES string of the molecule is COc1cccc(NC(=S)Nc2ccc(C(=O)N3CCOCC3)cc2)c1. The van der Waals surface area contributed by atoms with Gasteiger partial charge < -0.3 is 25.0 Å². The molecule has 7 heteroatoms. The molecule has 26 heavy (non-hydrogen) atoms. The molecule has 1 aliphatic heterocycles. The first-order chi connectivity index (χ1) is 12.7. The fraction of sp³-hybridized carbons (Fsp3) is 0.263. The highest BCUT2D eigenvalue weighted by molar-refractivity contribution is 7.80. The maximum Gasteiger partial charge on any atom is 0.254 e. The van der Waals surface area contributed by atoms with Crippen LogP contribution in [0.15, 0.2) is 48.5 Å². The summed E-state index contributed by atoms with van der Waals surface area (Å²) < 4.78 is 10.5. The van der Waals surface area contributed by atoms with E-state index >= 15 is 0 Å². The molecule has 0 saturated carbocycles. The Morgan fingerprint density at radius 1 is 1.08 bits per heavy atom. The predicted molar refractivity (Wildman–Crippen MR) is 106 cm³/mol. The van der Waals surface area contributed by atoms with E-state index < -0.39 is 0 Å². The summed E-state index contributed by atoms with van der Waals surface area (Å²) in [6, 6.07) is 14.8. The van der Waals surface area contributed by atoms with E-state index in [1.165, 1.54) is 0 Å². The van der Waals surface area contributed by atoms with Gasteiger partial charge in [0.05, 0.1) is 20.3 Å². The first-order valence-electron chi connectivity index (χ1n) is 8.35. The van der Waals surface area contributed by atoms with Gasteiger partial charge in [0.1, 0.15) is 5.75 Å². The van der Waals surface area contributed by atoms with Gasteiger partial charge >= 0.3 is 0 Å². The normalized spacial score (nSPS) is 13.8. The molecule has 2 N–H and O–H groups in total. The number of thiocarbonyl (C=S) groups is 1. The van der Waals surface area contributed by atoms with Gasteiger partial charge in [0.15, 0.2) is 5.11 Å². The van der Waals surface area contributed by atoms with Gasteiger partial charge in [-0.2, -0.15) is 0 Å². The summed E-state index contributed by atoms with van der Waals surface area (Å²) in [6.45, 7) is 2.45. The van der Waals surface area contributed by atoms with Crippen LogP contribution < -0.4 is 15.4 Å². The molecule has 0 unspecified atom stereocenters. The van der Waals surface area contributed by atoms with Gasteiger partial charge in [-0.1, -0.05) is 6.07 Å². The summed E-state index contributed by atoms with van der Waals surface area (Å²) in [5, 5.41) is 6.68. The Hall–Kier alpha value is -2.64. The van der Waals surface area contributed by atoms with Crippen molar-refractivity contribution in [2.24, 2.45) is 0 Å². The van der Waals surface area contributed by atoms with Gasteiger partial charge in [-0.25, -0.2) is 0 Å². The molecular weight excluding hydrogens is 350 g/mol. The van der Waals surface area contributed by atoms with Crippen LogP contribution in [0.3, 0.4) is 0 Å². The average Bonchev–Trinajstić information content (AvgIpc) is 2.69. The number of hydrogen-bond acceptors (Lipinski definition) is 4. The van der Waals surface area contributed by atoms with Crippen molar-refractivity contribution in [2.75, 3.05) is 44.0 Å². The number of morpholine rings is 1. The van der Waals surface area contributed by atoms with Gasteiger partial charge in [-0.3, -0.25) is 4.79 Å². The molecule has 0 bridgehead atoms. The van der Waals surface area contributed by atoms with Crippen LogP contribution in [-0.4, -0.2) is 49.3 Å². The zero-order valence-electron chi connectivity index (χ0n) is 14.5. The smallest absolute Gasteiger partial charge is 0.254 e. The topological polar surface area (TPSA) is 62.8 Å². The molecule has 0 aromatic heterocycles. The van der Waals surface area contributed by atoms with Gasteiger partial charge in [0.2, 0.25) is 0 Å². The summed E-state index contributed by atoms with van der Waals surface area (Å²) >= 11 is 5.33. The molecule has 0 atom stereocenters. The van der Waals surface area contributed by atoms with E-state index in [1.54, 1.807) is 24.1 Å². The maximum absolute atomic E-state index is 12.4. The number of benzene rings is 2. The van der Waals surface area contributed by atoms with Crippen LogP contribution >= 0.6 is 12.2 Å². The molecule has 0 spiro atoms. The van der Waals surface area contributed by atoms with Crippen LogP contribution in [0, 0.1) is 0 Å². The highest BCUT2D eigenvalue weighted by Gasteiger charge is 2.18. The van der Waals surface area contributed by atoms with E-state index in [1.807, 2.05) is 36.4 Å². The second-order valence-electron chi connectivity index (χ2n) is 5.79. The molecular formula is C19H21N3O3S. The van der Waals surface area contributed by atoms with Crippen molar-refractivity contribution in [1.82, 2.24) is 4.90 Å². The number of nitrogens with one attached hydrogen (secondary N) is 2. The van der Waals surface area contributed by atoms with Crippen LogP contribution in [0.4, 0.5) is 11.4 Å². The van der Waals surface area contributed by atoms with Gasteiger partial charge in [0.25, 0.3) is 5.91 Å². The zero-order chi connectivity index (χ0) is 18.4. The fourth-order valence-corrected chi connectivity index (χ4v) is 2.88. The summed E-state index contributed by atoms with van der Waals surface area (Å²) in [5.41, 5.74) is 2.30. The summed E-state index contributed by atoms with van der Waals surface area (Å²) in [4.78, 5) is 14.2. The van der Waals surface area contributed by atoms with Gasteiger partial charge in [-0.05, 0) is 48.6 Å². The van der Waals surface area contributed by atoms with Crippen LogP contribution in [0.5, 0.6) is 5.75 Å². The summed E-state index contributed by atoms with van der Waals surface area (Å²) in [6.07, 6.45) is 0. The molecule has 1 heterocycles. The number of anilines is 2. The predicted octanol–water partition coefficient (Wildman–Crippen LogP) is 2.98. The molecule has 2 aromatic rings. The summed E-state index contributed by atoms with van der Waals surface area (Å²) in [7, 11) is 1.62. The molecule has 1 amide bonds.